The summed E-state index contributed by atoms with van der Waals surface area (Å²) in [5.74, 6) is 0.435. The van der Waals surface area contributed by atoms with Gasteiger partial charge in [-0.3, -0.25) is 0 Å². The highest BCUT2D eigenvalue weighted by atomic mass is 32.1. The van der Waals surface area contributed by atoms with E-state index in [2.05, 4.69) is 32.8 Å². The van der Waals surface area contributed by atoms with E-state index < -0.39 is 0 Å². The van der Waals surface area contributed by atoms with E-state index in [0.29, 0.717) is 5.92 Å². The molecule has 0 aliphatic heterocycles. The molecule has 92 valence electrons. The van der Waals surface area contributed by atoms with Crippen LogP contribution in [-0.4, -0.2) is 24.0 Å². The minimum Gasteiger partial charge on any atom is -0.321 e. The van der Waals surface area contributed by atoms with Gasteiger partial charge in [0.2, 0.25) is 0 Å². The van der Waals surface area contributed by atoms with Gasteiger partial charge < -0.3 is 10.6 Å². The van der Waals surface area contributed by atoms with Crippen molar-refractivity contribution in [2.45, 2.75) is 45.7 Å². The maximum Gasteiger partial charge on any atom is 0.107 e. The van der Waals surface area contributed by atoms with Crippen LogP contribution in [-0.2, 0) is 12.1 Å². The minimum absolute atomic E-state index is 0.290. The summed E-state index contributed by atoms with van der Waals surface area (Å²) in [6, 6.07) is 0. The number of aromatic nitrogens is 1. The fraction of sp³-hybridized carbons (Fsp3) is 0.750. The molecule has 0 aromatic carbocycles. The molecule has 0 amide bonds. The molecule has 0 radical (unpaired) electrons. The monoisotopic (exact) mass is 241 g/mol. The van der Waals surface area contributed by atoms with E-state index in [1.54, 1.807) is 11.3 Å². The third-order valence-electron chi connectivity index (χ3n) is 2.28. The molecule has 2 N–H and O–H groups in total. The third kappa shape index (κ3) is 3.27. The number of rotatable bonds is 4. The molecular weight excluding hydrogens is 218 g/mol. The summed E-state index contributed by atoms with van der Waals surface area (Å²) in [4.78, 5) is 8.07. The Bertz CT molecular complexity index is 348. The lowest BCUT2D eigenvalue weighted by Crippen LogP contribution is -2.28. The van der Waals surface area contributed by atoms with Gasteiger partial charge in [0.1, 0.15) is 5.01 Å². The molecule has 1 aromatic rings. The van der Waals surface area contributed by atoms with Gasteiger partial charge in [0.05, 0.1) is 5.69 Å². The molecule has 0 spiro atoms. The topological polar surface area (TPSA) is 42.2 Å². The molecule has 0 aliphatic carbocycles. The van der Waals surface area contributed by atoms with Crippen molar-refractivity contribution >= 4 is 11.3 Å². The number of nitrogens with two attached hydrogens (primary N) is 1. The van der Waals surface area contributed by atoms with Gasteiger partial charge in [0.15, 0.2) is 0 Å². The van der Waals surface area contributed by atoms with E-state index in [4.69, 9.17) is 10.7 Å². The zero-order valence-electron chi connectivity index (χ0n) is 11.2. The summed E-state index contributed by atoms with van der Waals surface area (Å²) in [6.07, 6.45) is 0. The second kappa shape index (κ2) is 4.82. The first-order chi connectivity index (χ1) is 7.21. The molecule has 3 nitrogen and oxygen atoms in total. The average molecular weight is 241 g/mol. The molecule has 4 heteroatoms. The summed E-state index contributed by atoms with van der Waals surface area (Å²) >= 11 is 1.75. The Kier molecular flexibility index (Phi) is 4.10. The lowest BCUT2D eigenvalue weighted by molar-refractivity contribution is 0.401. The molecule has 0 aliphatic rings. The fourth-order valence-corrected chi connectivity index (χ4v) is 2.92. The van der Waals surface area contributed by atoms with E-state index in [-0.39, 0.29) is 5.54 Å². The van der Waals surface area contributed by atoms with Gasteiger partial charge in [0.25, 0.3) is 0 Å². The molecule has 0 atom stereocenters. The molecule has 0 saturated carbocycles. The van der Waals surface area contributed by atoms with Crippen LogP contribution in [0, 0.1) is 0 Å². The number of thiazole rings is 1. The van der Waals surface area contributed by atoms with Crippen LogP contribution in [0.5, 0.6) is 0 Å². The van der Waals surface area contributed by atoms with Gasteiger partial charge in [-0.05, 0) is 33.9 Å². The van der Waals surface area contributed by atoms with E-state index in [1.807, 2.05) is 13.8 Å². The molecule has 0 bridgehead atoms. The van der Waals surface area contributed by atoms with Crippen LogP contribution >= 0.6 is 11.3 Å². The van der Waals surface area contributed by atoms with Crippen molar-refractivity contribution in [1.82, 2.24) is 9.88 Å². The Morgan fingerprint density at radius 2 is 1.94 bits per heavy atom. The molecule has 16 heavy (non-hydrogen) atoms. The van der Waals surface area contributed by atoms with Gasteiger partial charge in [-0.25, -0.2) is 4.98 Å². The van der Waals surface area contributed by atoms with Crippen LogP contribution in [0.15, 0.2) is 0 Å². The van der Waals surface area contributed by atoms with Crippen molar-refractivity contribution in [2.75, 3.05) is 14.1 Å². The lowest BCUT2D eigenvalue weighted by Gasteiger charge is -2.19. The fourth-order valence-electron chi connectivity index (χ4n) is 1.57. The summed E-state index contributed by atoms with van der Waals surface area (Å²) in [5.41, 5.74) is 7.07. The Morgan fingerprint density at radius 3 is 2.25 bits per heavy atom. The summed E-state index contributed by atoms with van der Waals surface area (Å²) in [6.45, 7) is 9.33. The number of nitrogens with zero attached hydrogens (tertiary/aromatic N) is 2. The Hall–Kier alpha value is -0.450. The predicted molar refractivity (Wildman–Crippen MR) is 70.8 cm³/mol. The molecule has 0 unspecified atom stereocenters. The second-order valence-corrected chi connectivity index (χ2v) is 6.52. The second-order valence-electron chi connectivity index (χ2n) is 5.44. The molecule has 1 heterocycles. The summed E-state index contributed by atoms with van der Waals surface area (Å²) < 4.78 is 0. The Morgan fingerprint density at radius 1 is 1.38 bits per heavy atom. The van der Waals surface area contributed by atoms with Crippen molar-refractivity contribution in [3.63, 3.8) is 0 Å². The van der Waals surface area contributed by atoms with E-state index >= 15 is 0 Å². The molecule has 0 fully saturated rings. The zero-order chi connectivity index (χ0) is 12.5. The van der Waals surface area contributed by atoms with Crippen LogP contribution in [0.1, 0.15) is 49.2 Å². The molecule has 1 aromatic heterocycles. The average Bonchev–Trinajstić information content (AvgIpc) is 2.45. The van der Waals surface area contributed by atoms with Crippen LogP contribution in [0.4, 0.5) is 0 Å². The smallest absolute Gasteiger partial charge is 0.107 e. The Labute approximate surface area is 103 Å². The normalized spacial score (nSPS) is 12.8. The van der Waals surface area contributed by atoms with Crippen LogP contribution in [0.2, 0.25) is 0 Å². The molecular formula is C12H23N3S. The SMILES string of the molecule is CC(C)c1nc(CN(C)C)sc1C(C)(C)N. The minimum atomic E-state index is -0.290. The van der Waals surface area contributed by atoms with Crippen molar-refractivity contribution in [1.29, 1.82) is 0 Å². The van der Waals surface area contributed by atoms with Gasteiger partial charge in [-0.2, -0.15) is 0 Å². The number of hydrogen-bond donors (Lipinski definition) is 1. The van der Waals surface area contributed by atoms with E-state index in [1.165, 1.54) is 4.88 Å². The third-order valence-corrected chi connectivity index (χ3v) is 3.68. The Balaban J connectivity index is 3.11. The maximum absolute atomic E-state index is 6.20. The van der Waals surface area contributed by atoms with Crippen molar-refractivity contribution < 1.29 is 0 Å². The highest BCUT2D eigenvalue weighted by molar-refractivity contribution is 7.11. The maximum atomic E-state index is 6.20. The van der Waals surface area contributed by atoms with Gasteiger partial charge in [0, 0.05) is 17.0 Å². The largest absolute Gasteiger partial charge is 0.321 e. The summed E-state index contributed by atoms with van der Waals surface area (Å²) in [5, 5.41) is 1.15. The van der Waals surface area contributed by atoms with E-state index in [9.17, 15) is 0 Å². The van der Waals surface area contributed by atoms with Gasteiger partial charge >= 0.3 is 0 Å². The molecule has 1 rings (SSSR count). The summed E-state index contributed by atoms with van der Waals surface area (Å²) in [7, 11) is 4.12. The standard InChI is InChI=1S/C12H23N3S/c1-8(2)10-11(12(3,4)13)16-9(14-10)7-15(5)6/h8H,7,13H2,1-6H3. The predicted octanol–water partition coefficient (Wildman–Crippen LogP) is 2.52. The van der Waals surface area contributed by atoms with Gasteiger partial charge in [-0.1, -0.05) is 13.8 Å². The van der Waals surface area contributed by atoms with Crippen molar-refractivity contribution in [3.8, 4) is 0 Å². The zero-order valence-corrected chi connectivity index (χ0v) is 12.0. The highest BCUT2D eigenvalue weighted by Crippen LogP contribution is 2.32. The van der Waals surface area contributed by atoms with Crippen molar-refractivity contribution in [2.24, 2.45) is 5.73 Å². The van der Waals surface area contributed by atoms with Crippen LogP contribution in [0.25, 0.3) is 0 Å². The number of hydrogen-bond acceptors (Lipinski definition) is 4. The highest BCUT2D eigenvalue weighted by Gasteiger charge is 2.24. The first kappa shape index (κ1) is 13.6. The first-order valence-corrected chi connectivity index (χ1v) is 6.47. The van der Waals surface area contributed by atoms with E-state index in [0.717, 1.165) is 17.2 Å². The lowest BCUT2D eigenvalue weighted by atomic mass is 9.98. The molecule has 0 saturated heterocycles. The quantitative estimate of drug-likeness (QED) is 0.881. The van der Waals surface area contributed by atoms with Crippen molar-refractivity contribution in [3.05, 3.63) is 15.6 Å². The van der Waals surface area contributed by atoms with Crippen LogP contribution in [0.3, 0.4) is 0 Å². The van der Waals surface area contributed by atoms with Gasteiger partial charge in [-0.15, -0.1) is 11.3 Å². The van der Waals surface area contributed by atoms with Crippen LogP contribution < -0.4 is 5.73 Å². The first-order valence-electron chi connectivity index (χ1n) is 5.65.